The Morgan fingerprint density at radius 2 is 2.27 bits per heavy atom. The molecule has 1 aliphatic rings. The van der Waals surface area contributed by atoms with Gasteiger partial charge in [-0.1, -0.05) is 0 Å². The second-order valence-corrected chi connectivity index (χ2v) is 5.99. The molecule has 2 heterocycles. The number of rotatable bonds is 6. The number of hydrogen-bond donors (Lipinski definition) is 2. The van der Waals surface area contributed by atoms with Gasteiger partial charge in [0.15, 0.2) is 0 Å². The molecule has 1 aromatic carbocycles. The Labute approximate surface area is 150 Å². The Balaban J connectivity index is 1.87. The summed E-state index contributed by atoms with van der Waals surface area (Å²) >= 11 is 0. The van der Waals surface area contributed by atoms with Gasteiger partial charge in [-0.05, 0) is 31.2 Å². The van der Waals surface area contributed by atoms with Crippen LogP contribution in [-0.4, -0.2) is 47.6 Å². The number of aromatic amines is 1. The predicted octanol–water partition coefficient (Wildman–Crippen LogP) is 0.705. The van der Waals surface area contributed by atoms with Crippen LogP contribution < -0.4 is 20.8 Å². The summed E-state index contributed by atoms with van der Waals surface area (Å²) < 4.78 is 11.0. The SMILES string of the molecule is COc1ccc(OCCCN)c(C(=O)N2CCc3nc[nH]c(=O)c3C2)c1. The van der Waals surface area contributed by atoms with Gasteiger partial charge in [-0.25, -0.2) is 4.98 Å². The highest BCUT2D eigenvalue weighted by molar-refractivity contribution is 5.97. The van der Waals surface area contributed by atoms with Crippen molar-refractivity contribution in [3.8, 4) is 11.5 Å². The zero-order valence-corrected chi connectivity index (χ0v) is 14.7. The molecule has 26 heavy (non-hydrogen) atoms. The summed E-state index contributed by atoms with van der Waals surface area (Å²) in [7, 11) is 1.54. The van der Waals surface area contributed by atoms with Crippen molar-refractivity contribution >= 4 is 5.91 Å². The molecule has 0 aliphatic carbocycles. The van der Waals surface area contributed by atoms with Crippen LogP contribution in [-0.2, 0) is 13.0 Å². The fraction of sp³-hybridized carbons (Fsp3) is 0.389. The van der Waals surface area contributed by atoms with E-state index >= 15 is 0 Å². The van der Waals surface area contributed by atoms with Gasteiger partial charge < -0.3 is 25.1 Å². The molecule has 138 valence electrons. The molecule has 8 nitrogen and oxygen atoms in total. The van der Waals surface area contributed by atoms with E-state index < -0.39 is 0 Å². The van der Waals surface area contributed by atoms with E-state index in [-0.39, 0.29) is 18.0 Å². The van der Waals surface area contributed by atoms with Crippen molar-refractivity contribution in [3.63, 3.8) is 0 Å². The third kappa shape index (κ3) is 3.70. The Kier molecular flexibility index (Phi) is 5.52. The van der Waals surface area contributed by atoms with Crippen LogP contribution in [0.5, 0.6) is 11.5 Å². The topological polar surface area (TPSA) is 111 Å². The summed E-state index contributed by atoms with van der Waals surface area (Å²) in [5, 5.41) is 0. The maximum atomic E-state index is 13.1. The molecule has 0 spiro atoms. The molecule has 1 aromatic heterocycles. The highest BCUT2D eigenvalue weighted by Crippen LogP contribution is 2.27. The minimum Gasteiger partial charge on any atom is -0.497 e. The summed E-state index contributed by atoms with van der Waals surface area (Å²) in [6.45, 7) is 1.65. The van der Waals surface area contributed by atoms with Gasteiger partial charge in [0, 0.05) is 13.0 Å². The van der Waals surface area contributed by atoms with E-state index in [0.717, 1.165) is 5.69 Å². The van der Waals surface area contributed by atoms with Gasteiger partial charge in [-0.15, -0.1) is 0 Å². The minimum atomic E-state index is -0.211. The second kappa shape index (κ2) is 8.01. The van der Waals surface area contributed by atoms with Gasteiger partial charge in [-0.3, -0.25) is 9.59 Å². The number of aromatic nitrogens is 2. The number of ether oxygens (including phenoxy) is 2. The molecular weight excluding hydrogens is 336 g/mol. The lowest BCUT2D eigenvalue weighted by atomic mass is 10.1. The number of H-pyrrole nitrogens is 1. The van der Waals surface area contributed by atoms with Crippen LogP contribution in [0.15, 0.2) is 29.3 Å². The molecule has 3 N–H and O–H groups in total. The molecule has 3 rings (SSSR count). The lowest BCUT2D eigenvalue weighted by molar-refractivity contribution is 0.0727. The van der Waals surface area contributed by atoms with Crippen LogP contribution in [0.4, 0.5) is 0 Å². The van der Waals surface area contributed by atoms with Crippen molar-refractivity contribution in [2.24, 2.45) is 5.73 Å². The average Bonchev–Trinajstić information content (AvgIpc) is 2.68. The van der Waals surface area contributed by atoms with Crippen LogP contribution in [0.2, 0.25) is 0 Å². The number of carbonyl (C=O) groups is 1. The smallest absolute Gasteiger partial charge is 0.258 e. The number of hydrogen-bond acceptors (Lipinski definition) is 6. The van der Waals surface area contributed by atoms with Crippen molar-refractivity contribution in [3.05, 3.63) is 51.7 Å². The van der Waals surface area contributed by atoms with Gasteiger partial charge >= 0.3 is 0 Å². The predicted molar refractivity (Wildman–Crippen MR) is 95.5 cm³/mol. The Morgan fingerprint density at radius 1 is 1.42 bits per heavy atom. The highest BCUT2D eigenvalue weighted by atomic mass is 16.5. The molecule has 0 unspecified atom stereocenters. The maximum absolute atomic E-state index is 13.1. The van der Waals surface area contributed by atoms with Crippen LogP contribution in [0.3, 0.4) is 0 Å². The quantitative estimate of drug-likeness (QED) is 0.736. The third-order valence-electron chi connectivity index (χ3n) is 4.32. The summed E-state index contributed by atoms with van der Waals surface area (Å²) in [6, 6.07) is 5.12. The number of nitrogens with zero attached hydrogens (tertiary/aromatic N) is 2. The molecule has 0 bridgehead atoms. The highest BCUT2D eigenvalue weighted by Gasteiger charge is 2.26. The fourth-order valence-electron chi connectivity index (χ4n) is 2.89. The minimum absolute atomic E-state index is 0.208. The first kappa shape index (κ1) is 17.9. The second-order valence-electron chi connectivity index (χ2n) is 5.99. The fourth-order valence-corrected chi connectivity index (χ4v) is 2.89. The van der Waals surface area contributed by atoms with Gasteiger partial charge in [0.05, 0.1) is 43.4 Å². The first-order valence-corrected chi connectivity index (χ1v) is 8.49. The number of amides is 1. The maximum Gasteiger partial charge on any atom is 0.258 e. The third-order valence-corrected chi connectivity index (χ3v) is 4.32. The van der Waals surface area contributed by atoms with Crippen molar-refractivity contribution < 1.29 is 14.3 Å². The van der Waals surface area contributed by atoms with Crippen LogP contribution in [0.25, 0.3) is 0 Å². The lowest BCUT2D eigenvalue weighted by Gasteiger charge is -2.28. The Hall–Kier alpha value is -2.87. The summed E-state index contributed by atoms with van der Waals surface area (Å²) in [4.78, 5) is 33.5. The molecule has 0 fully saturated rings. The first-order chi connectivity index (χ1) is 12.6. The molecule has 0 saturated heterocycles. The first-order valence-electron chi connectivity index (χ1n) is 8.49. The molecule has 1 amide bonds. The number of carbonyl (C=O) groups excluding carboxylic acids is 1. The number of fused-ring (bicyclic) bond motifs is 1. The Bertz CT molecular complexity index is 849. The standard InChI is InChI=1S/C18H22N4O4/c1-25-12-3-4-16(26-8-2-6-19)13(9-12)18(24)22-7-5-15-14(10-22)17(23)21-11-20-15/h3-4,9,11H,2,5-8,10,19H2,1H3,(H,20,21,23). The van der Waals surface area contributed by atoms with E-state index in [1.165, 1.54) is 6.33 Å². The van der Waals surface area contributed by atoms with E-state index in [0.29, 0.717) is 55.2 Å². The Morgan fingerprint density at radius 3 is 3.04 bits per heavy atom. The van der Waals surface area contributed by atoms with E-state index in [9.17, 15) is 9.59 Å². The van der Waals surface area contributed by atoms with Crippen LogP contribution in [0, 0.1) is 0 Å². The molecule has 1 aliphatic heterocycles. The summed E-state index contributed by atoms with van der Waals surface area (Å²) in [5.74, 6) is 0.840. The summed E-state index contributed by atoms with van der Waals surface area (Å²) in [6.07, 6.45) is 2.63. The number of benzene rings is 1. The van der Waals surface area contributed by atoms with Gasteiger partial charge in [0.1, 0.15) is 11.5 Å². The largest absolute Gasteiger partial charge is 0.497 e. The van der Waals surface area contributed by atoms with E-state index in [1.54, 1.807) is 30.2 Å². The monoisotopic (exact) mass is 358 g/mol. The number of nitrogens with two attached hydrogens (primary N) is 1. The molecule has 2 aromatic rings. The molecule has 8 heteroatoms. The number of methoxy groups -OCH3 is 1. The van der Waals surface area contributed by atoms with Gasteiger partial charge in [-0.2, -0.15) is 0 Å². The number of nitrogens with one attached hydrogen (secondary N) is 1. The molecule has 0 atom stereocenters. The van der Waals surface area contributed by atoms with E-state index in [1.807, 2.05) is 0 Å². The molecule has 0 radical (unpaired) electrons. The zero-order valence-electron chi connectivity index (χ0n) is 14.7. The van der Waals surface area contributed by atoms with Crippen LogP contribution >= 0.6 is 0 Å². The lowest BCUT2D eigenvalue weighted by Crippen LogP contribution is -2.39. The molecule has 0 saturated carbocycles. The summed E-state index contributed by atoms with van der Waals surface area (Å²) in [5.41, 5.74) is 6.96. The van der Waals surface area contributed by atoms with Gasteiger partial charge in [0.25, 0.3) is 11.5 Å². The van der Waals surface area contributed by atoms with Crippen molar-refractivity contribution in [2.45, 2.75) is 19.4 Å². The van der Waals surface area contributed by atoms with Crippen molar-refractivity contribution in [2.75, 3.05) is 26.8 Å². The van der Waals surface area contributed by atoms with E-state index in [4.69, 9.17) is 15.2 Å². The van der Waals surface area contributed by atoms with Crippen molar-refractivity contribution in [1.82, 2.24) is 14.9 Å². The van der Waals surface area contributed by atoms with Gasteiger partial charge in [0.2, 0.25) is 0 Å². The molecular formula is C18H22N4O4. The van der Waals surface area contributed by atoms with E-state index in [2.05, 4.69) is 9.97 Å². The normalized spacial score (nSPS) is 13.2. The van der Waals surface area contributed by atoms with Crippen molar-refractivity contribution in [1.29, 1.82) is 0 Å². The van der Waals surface area contributed by atoms with Crippen LogP contribution in [0.1, 0.15) is 28.0 Å². The average molecular weight is 358 g/mol. The zero-order chi connectivity index (χ0) is 18.5.